The van der Waals surface area contributed by atoms with Crippen LogP contribution in [0.2, 0.25) is 0 Å². The van der Waals surface area contributed by atoms with Gasteiger partial charge in [-0.2, -0.15) is 0 Å². The normalized spacial score (nSPS) is 20.8. The molecule has 0 aliphatic carbocycles. The standard InChI is InChI=1S/C22H27N3O/c26-22(20-10-11-21(23-17-20)24-13-4-5-14-24)25-15-6-9-19(12-16-25)18-7-2-1-3-8-18/h1-3,7-8,10-11,17,19H,4-6,9,12-16H2/t19-/m1/s1. The van der Waals surface area contributed by atoms with Crippen molar-refractivity contribution in [1.82, 2.24) is 9.88 Å². The molecule has 4 nitrogen and oxygen atoms in total. The number of aromatic nitrogens is 1. The summed E-state index contributed by atoms with van der Waals surface area (Å²) in [4.78, 5) is 21.7. The van der Waals surface area contributed by atoms with Crippen LogP contribution in [0.25, 0.3) is 0 Å². The van der Waals surface area contributed by atoms with E-state index in [1.807, 2.05) is 17.0 Å². The summed E-state index contributed by atoms with van der Waals surface area (Å²) in [5.41, 5.74) is 2.12. The van der Waals surface area contributed by atoms with Crippen LogP contribution in [0.5, 0.6) is 0 Å². The van der Waals surface area contributed by atoms with Gasteiger partial charge in [0, 0.05) is 32.4 Å². The topological polar surface area (TPSA) is 36.4 Å². The molecule has 1 aromatic carbocycles. The number of anilines is 1. The second kappa shape index (κ2) is 7.90. The smallest absolute Gasteiger partial charge is 0.255 e. The van der Waals surface area contributed by atoms with Crippen LogP contribution in [-0.4, -0.2) is 42.0 Å². The minimum atomic E-state index is 0.124. The van der Waals surface area contributed by atoms with Crippen LogP contribution in [0.15, 0.2) is 48.7 Å². The van der Waals surface area contributed by atoms with Crippen molar-refractivity contribution >= 4 is 11.7 Å². The second-order valence-corrected chi connectivity index (χ2v) is 7.43. The van der Waals surface area contributed by atoms with E-state index in [1.165, 1.54) is 18.4 Å². The lowest BCUT2D eigenvalue weighted by Crippen LogP contribution is -2.32. The average molecular weight is 349 g/mol. The Morgan fingerprint density at radius 2 is 1.69 bits per heavy atom. The molecule has 1 aromatic heterocycles. The fraction of sp³-hybridized carbons (Fsp3) is 0.455. The molecule has 3 heterocycles. The lowest BCUT2D eigenvalue weighted by molar-refractivity contribution is 0.0760. The summed E-state index contributed by atoms with van der Waals surface area (Å²) in [7, 11) is 0. The number of rotatable bonds is 3. The molecule has 4 rings (SSSR count). The van der Waals surface area contributed by atoms with E-state index >= 15 is 0 Å². The first-order valence-electron chi connectivity index (χ1n) is 9.86. The number of pyridine rings is 1. The number of carbonyl (C=O) groups is 1. The lowest BCUT2D eigenvalue weighted by atomic mass is 9.92. The lowest BCUT2D eigenvalue weighted by Gasteiger charge is -2.21. The van der Waals surface area contributed by atoms with Crippen LogP contribution in [0.1, 0.15) is 53.9 Å². The molecule has 0 bridgehead atoms. The van der Waals surface area contributed by atoms with E-state index in [-0.39, 0.29) is 5.91 Å². The summed E-state index contributed by atoms with van der Waals surface area (Å²) in [6.45, 7) is 3.82. The molecule has 1 amide bonds. The highest BCUT2D eigenvalue weighted by molar-refractivity contribution is 5.94. The third-order valence-electron chi connectivity index (χ3n) is 5.71. The summed E-state index contributed by atoms with van der Waals surface area (Å²) in [6, 6.07) is 14.7. The van der Waals surface area contributed by atoms with Crippen LogP contribution in [0, 0.1) is 0 Å². The summed E-state index contributed by atoms with van der Waals surface area (Å²) >= 11 is 0. The molecule has 2 aliphatic rings. The Bertz CT molecular complexity index is 723. The van der Waals surface area contributed by atoms with Crippen molar-refractivity contribution in [3.8, 4) is 0 Å². The minimum Gasteiger partial charge on any atom is -0.357 e. The Hall–Kier alpha value is -2.36. The number of carbonyl (C=O) groups excluding carboxylic acids is 1. The number of hydrogen-bond acceptors (Lipinski definition) is 3. The predicted molar refractivity (Wildman–Crippen MR) is 105 cm³/mol. The van der Waals surface area contributed by atoms with E-state index in [2.05, 4.69) is 40.2 Å². The molecule has 2 saturated heterocycles. The van der Waals surface area contributed by atoms with Crippen LogP contribution >= 0.6 is 0 Å². The number of likely N-dealkylation sites (tertiary alicyclic amines) is 1. The SMILES string of the molecule is O=C(c1ccc(N2CCCC2)nc1)N1CCC[C@@H](c2ccccc2)CC1. The molecule has 0 radical (unpaired) electrons. The molecule has 0 saturated carbocycles. The van der Waals surface area contributed by atoms with Gasteiger partial charge in [-0.15, -0.1) is 0 Å². The zero-order valence-corrected chi connectivity index (χ0v) is 15.3. The van der Waals surface area contributed by atoms with E-state index < -0.39 is 0 Å². The Balaban J connectivity index is 1.40. The largest absolute Gasteiger partial charge is 0.357 e. The highest BCUT2D eigenvalue weighted by Crippen LogP contribution is 2.28. The first-order valence-corrected chi connectivity index (χ1v) is 9.86. The number of hydrogen-bond donors (Lipinski definition) is 0. The molecule has 26 heavy (non-hydrogen) atoms. The van der Waals surface area contributed by atoms with Gasteiger partial charge in [0.05, 0.1) is 5.56 Å². The summed E-state index contributed by atoms with van der Waals surface area (Å²) in [5, 5.41) is 0. The van der Waals surface area contributed by atoms with Gasteiger partial charge in [0.1, 0.15) is 5.82 Å². The molecule has 1 atom stereocenters. The fourth-order valence-electron chi connectivity index (χ4n) is 4.19. The molecular weight excluding hydrogens is 322 g/mol. The number of nitrogens with zero attached hydrogens (tertiary/aromatic N) is 3. The number of amides is 1. The van der Waals surface area contributed by atoms with Crippen molar-refractivity contribution in [3.05, 3.63) is 59.8 Å². The molecule has 0 unspecified atom stereocenters. The van der Waals surface area contributed by atoms with E-state index in [0.717, 1.165) is 51.3 Å². The first kappa shape index (κ1) is 17.1. The Morgan fingerprint density at radius 1 is 0.885 bits per heavy atom. The molecule has 4 heteroatoms. The summed E-state index contributed by atoms with van der Waals surface area (Å²) in [6.07, 6.45) is 7.48. The van der Waals surface area contributed by atoms with Gasteiger partial charge in [0.25, 0.3) is 5.91 Å². The van der Waals surface area contributed by atoms with Gasteiger partial charge in [-0.05, 0) is 55.7 Å². The minimum absolute atomic E-state index is 0.124. The molecule has 136 valence electrons. The van der Waals surface area contributed by atoms with Gasteiger partial charge in [-0.25, -0.2) is 4.98 Å². The van der Waals surface area contributed by atoms with E-state index in [4.69, 9.17) is 0 Å². The summed E-state index contributed by atoms with van der Waals surface area (Å²) in [5.74, 6) is 1.68. The third kappa shape index (κ3) is 3.74. The van der Waals surface area contributed by atoms with Crippen LogP contribution in [0.3, 0.4) is 0 Å². The maximum Gasteiger partial charge on any atom is 0.255 e. The van der Waals surface area contributed by atoms with E-state index in [9.17, 15) is 4.79 Å². The number of benzene rings is 1. The van der Waals surface area contributed by atoms with Gasteiger partial charge in [-0.1, -0.05) is 30.3 Å². The zero-order valence-electron chi connectivity index (χ0n) is 15.3. The first-order chi connectivity index (χ1) is 12.8. The maximum absolute atomic E-state index is 12.9. The van der Waals surface area contributed by atoms with Crippen molar-refractivity contribution in [1.29, 1.82) is 0 Å². The Morgan fingerprint density at radius 3 is 2.42 bits per heavy atom. The van der Waals surface area contributed by atoms with Crippen molar-refractivity contribution in [2.45, 2.75) is 38.0 Å². The molecule has 0 spiro atoms. The maximum atomic E-state index is 12.9. The quantitative estimate of drug-likeness (QED) is 0.837. The van der Waals surface area contributed by atoms with Gasteiger partial charge in [0.2, 0.25) is 0 Å². The third-order valence-corrected chi connectivity index (χ3v) is 5.71. The summed E-state index contributed by atoms with van der Waals surface area (Å²) < 4.78 is 0. The van der Waals surface area contributed by atoms with Gasteiger partial charge >= 0.3 is 0 Å². The Labute approximate surface area is 155 Å². The fourth-order valence-corrected chi connectivity index (χ4v) is 4.19. The van der Waals surface area contributed by atoms with Gasteiger partial charge < -0.3 is 9.80 Å². The monoisotopic (exact) mass is 349 g/mol. The predicted octanol–water partition coefficient (Wildman–Crippen LogP) is 4.09. The zero-order chi connectivity index (χ0) is 17.8. The van der Waals surface area contributed by atoms with Crippen molar-refractivity contribution in [2.24, 2.45) is 0 Å². The van der Waals surface area contributed by atoms with Gasteiger partial charge in [0.15, 0.2) is 0 Å². The molecular formula is C22H27N3O. The second-order valence-electron chi connectivity index (χ2n) is 7.43. The van der Waals surface area contributed by atoms with Crippen LogP contribution in [0.4, 0.5) is 5.82 Å². The van der Waals surface area contributed by atoms with Gasteiger partial charge in [-0.3, -0.25) is 4.79 Å². The van der Waals surface area contributed by atoms with E-state index in [0.29, 0.717) is 11.5 Å². The van der Waals surface area contributed by atoms with Crippen molar-refractivity contribution in [2.75, 3.05) is 31.1 Å². The highest BCUT2D eigenvalue weighted by atomic mass is 16.2. The Kier molecular flexibility index (Phi) is 5.19. The van der Waals surface area contributed by atoms with Crippen LogP contribution in [-0.2, 0) is 0 Å². The molecule has 2 aliphatic heterocycles. The van der Waals surface area contributed by atoms with Crippen LogP contribution < -0.4 is 4.90 Å². The average Bonchev–Trinajstić information content (AvgIpc) is 3.13. The molecule has 0 N–H and O–H groups in total. The highest BCUT2D eigenvalue weighted by Gasteiger charge is 2.23. The van der Waals surface area contributed by atoms with Crippen molar-refractivity contribution < 1.29 is 4.79 Å². The molecule has 2 fully saturated rings. The van der Waals surface area contributed by atoms with Crippen molar-refractivity contribution in [3.63, 3.8) is 0 Å². The van der Waals surface area contributed by atoms with E-state index in [1.54, 1.807) is 6.20 Å². The molecule has 2 aromatic rings.